The van der Waals surface area contributed by atoms with Crippen LogP contribution in [0.3, 0.4) is 0 Å². The topological polar surface area (TPSA) is 69.7 Å². The second-order valence-corrected chi connectivity index (χ2v) is 2.40. The van der Waals surface area contributed by atoms with E-state index < -0.39 is 17.7 Å². The maximum atomic E-state index is 10.9. The van der Waals surface area contributed by atoms with Crippen molar-refractivity contribution < 1.29 is 23.9 Å². The van der Waals surface area contributed by atoms with Crippen molar-refractivity contribution in [3.05, 3.63) is 12.2 Å². The van der Waals surface area contributed by atoms with Crippen molar-refractivity contribution in [2.24, 2.45) is 0 Å². The Balaban J connectivity index is 3.82. The summed E-state index contributed by atoms with van der Waals surface area (Å²) in [6.07, 6.45) is 2.21. The number of rotatable bonds is 5. The van der Waals surface area contributed by atoms with Gasteiger partial charge in [0.1, 0.15) is 6.42 Å². The van der Waals surface area contributed by atoms with Crippen molar-refractivity contribution in [1.29, 1.82) is 0 Å². The van der Waals surface area contributed by atoms with Crippen LogP contribution in [0.2, 0.25) is 0 Å². The lowest BCUT2D eigenvalue weighted by Gasteiger charge is -1.94. The van der Waals surface area contributed by atoms with Gasteiger partial charge in [0.05, 0.1) is 20.6 Å². The summed E-state index contributed by atoms with van der Waals surface area (Å²) in [5.74, 6) is -1.44. The standard InChI is InChI=1S/C9H12O5/c1-13-8(11)5-3-4-7(10)6-9(12)14-2/h3-4H,5-6H2,1-2H3/b4-3+. The number of ether oxygens (including phenoxy) is 2. The highest BCUT2D eigenvalue weighted by atomic mass is 16.5. The first-order valence-corrected chi connectivity index (χ1v) is 3.93. The molecule has 0 aromatic rings. The third-order valence-electron chi connectivity index (χ3n) is 1.36. The maximum absolute atomic E-state index is 10.9. The Hall–Kier alpha value is -1.65. The van der Waals surface area contributed by atoms with E-state index in [9.17, 15) is 14.4 Å². The van der Waals surface area contributed by atoms with E-state index in [1.165, 1.54) is 20.3 Å². The molecule has 0 aromatic heterocycles. The average molecular weight is 200 g/mol. The molecule has 0 radical (unpaired) electrons. The van der Waals surface area contributed by atoms with Crippen LogP contribution >= 0.6 is 0 Å². The molecule has 5 heteroatoms. The summed E-state index contributed by atoms with van der Waals surface area (Å²) in [5.41, 5.74) is 0. The van der Waals surface area contributed by atoms with Gasteiger partial charge in [-0.25, -0.2) is 0 Å². The van der Waals surface area contributed by atoms with Crippen molar-refractivity contribution in [2.45, 2.75) is 12.8 Å². The molecule has 0 spiro atoms. The van der Waals surface area contributed by atoms with Gasteiger partial charge in [-0.1, -0.05) is 6.08 Å². The SMILES string of the molecule is COC(=O)C/C=C/C(=O)CC(=O)OC. The van der Waals surface area contributed by atoms with E-state index in [1.807, 2.05) is 0 Å². The molecular formula is C9H12O5. The molecule has 0 heterocycles. The normalized spacial score (nSPS) is 9.86. The minimum atomic E-state index is -0.599. The van der Waals surface area contributed by atoms with Crippen LogP contribution in [0.5, 0.6) is 0 Å². The monoisotopic (exact) mass is 200 g/mol. The summed E-state index contributed by atoms with van der Waals surface area (Å²) in [7, 11) is 2.46. The number of carbonyl (C=O) groups is 3. The van der Waals surface area contributed by atoms with Gasteiger partial charge in [0.25, 0.3) is 0 Å². The van der Waals surface area contributed by atoms with Crippen molar-refractivity contribution in [2.75, 3.05) is 14.2 Å². The van der Waals surface area contributed by atoms with Crippen LogP contribution < -0.4 is 0 Å². The summed E-state index contributed by atoms with van der Waals surface area (Å²) >= 11 is 0. The number of allylic oxidation sites excluding steroid dienone is 1. The third kappa shape index (κ3) is 5.93. The quantitative estimate of drug-likeness (QED) is 0.361. The zero-order valence-corrected chi connectivity index (χ0v) is 8.11. The van der Waals surface area contributed by atoms with Crippen LogP contribution in [0.1, 0.15) is 12.8 Å². The largest absolute Gasteiger partial charge is 0.469 e. The van der Waals surface area contributed by atoms with Crippen LogP contribution in [0.25, 0.3) is 0 Å². The summed E-state index contributed by atoms with van der Waals surface area (Å²) in [4.78, 5) is 32.1. The Kier molecular flexibility index (Phi) is 6.02. The predicted octanol–water partition coefficient (Wildman–Crippen LogP) is 0.238. The smallest absolute Gasteiger partial charge is 0.313 e. The first kappa shape index (κ1) is 12.3. The summed E-state index contributed by atoms with van der Waals surface area (Å²) in [6.45, 7) is 0. The molecule has 0 aliphatic heterocycles. The van der Waals surface area contributed by atoms with Crippen LogP contribution in [0.15, 0.2) is 12.2 Å². The van der Waals surface area contributed by atoms with Gasteiger partial charge in [0.2, 0.25) is 0 Å². The molecule has 0 saturated heterocycles. The highest BCUT2D eigenvalue weighted by Gasteiger charge is 2.05. The molecule has 0 atom stereocenters. The van der Waals surface area contributed by atoms with Gasteiger partial charge in [-0.2, -0.15) is 0 Å². The van der Waals surface area contributed by atoms with E-state index in [4.69, 9.17) is 0 Å². The van der Waals surface area contributed by atoms with Crippen LogP contribution in [0, 0.1) is 0 Å². The Morgan fingerprint density at radius 2 is 1.64 bits per heavy atom. The Morgan fingerprint density at radius 3 is 2.14 bits per heavy atom. The van der Waals surface area contributed by atoms with Gasteiger partial charge >= 0.3 is 11.9 Å². The molecule has 0 aliphatic rings. The summed E-state index contributed by atoms with van der Waals surface area (Å²) in [5, 5.41) is 0. The molecule has 0 N–H and O–H groups in total. The van der Waals surface area contributed by atoms with E-state index in [-0.39, 0.29) is 12.8 Å². The van der Waals surface area contributed by atoms with Crippen molar-refractivity contribution in [3.63, 3.8) is 0 Å². The zero-order valence-electron chi connectivity index (χ0n) is 8.11. The molecule has 0 unspecified atom stereocenters. The fourth-order valence-corrected chi connectivity index (χ4v) is 0.643. The lowest BCUT2D eigenvalue weighted by Crippen LogP contribution is -2.07. The number of ketones is 1. The molecule has 0 fully saturated rings. The molecule has 0 rings (SSSR count). The Morgan fingerprint density at radius 1 is 1.07 bits per heavy atom. The first-order chi connectivity index (χ1) is 6.60. The fraction of sp³-hybridized carbons (Fsp3) is 0.444. The minimum Gasteiger partial charge on any atom is -0.469 e. The molecule has 0 aromatic carbocycles. The molecule has 0 aliphatic carbocycles. The number of carbonyl (C=O) groups excluding carboxylic acids is 3. The van der Waals surface area contributed by atoms with Crippen molar-refractivity contribution >= 4 is 17.7 Å². The van der Waals surface area contributed by atoms with Crippen molar-refractivity contribution in [3.8, 4) is 0 Å². The highest BCUT2D eigenvalue weighted by Crippen LogP contribution is 1.92. The van der Waals surface area contributed by atoms with Crippen LogP contribution in [-0.2, 0) is 23.9 Å². The Labute approximate surface area is 81.7 Å². The lowest BCUT2D eigenvalue weighted by atomic mass is 10.2. The maximum Gasteiger partial charge on any atom is 0.313 e. The molecule has 0 amide bonds. The number of hydrogen-bond donors (Lipinski definition) is 0. The second kappa shape index (κ2) is 6.82. The number of esters is 2. The van der Waals surface area contributed by atoms with E-state index in [1.54, 1.807) is 0 Å². The number of hydrogen-bond acceptors (Lipinski definition) is 5. The molecular weight excluding hydrogens is 188 g/mol. The van der Waals surface area contributed by atoms with E-state index in [0.717, 1.165) is 6.08 Å². The fourth-order valence-electron chi connectivity index (χ4n) is 0.643. The van der Waals surface area contributed by atoms with Gasteiger partial charge in [0, 0.05) is 0 Å². The van der Waals surface area contributed by atoms with E-state index in [2.05, 4.69) is 9.47 Å². The van der Waals surface area contributed by atoms with Gasteiger partial charge in [-0.05, 0) is 6.08 Å². The molecule has 0 bridgehead atoms. The molecule has 5 nitrogen and oxygen atoms in total. The van der Waals surface area contributed by atoms with Gasteiger partial charge < -0.3 is 9.47 Å². The van der Waals surface area contributed by atoms with E-state index >= 15 is 0 Å². The molecule has 0 saturated carbocycles. The molecule has 14 heavy (non-hydrogen) atoms. The Bertz CT molecular complexity index is 254. The predicted molar refractivity (Wildman–Crippen MR) is 47.4 cm³/mol. The highest BCUT2D eigenvalue weighted by molar-refractivity contribution is 6.02. The zero-order chi connectivity index (χ0) is 11.0. The summed E-state index contributed by atoms with van der Waals surface area (Å²) in [6, 6.07) is 0. The van der Waals surface area contributed by atoms with Gasteiger partial charge in [-0.3, -0.25) is 14.4 Å². The average Bonchev–Trinajstić information content (AvgIpc) is 2.17. The van der Waals surface area contributed by atoms with Crippen molar-refractivity contribution in [1.82, 2.24) is 0 Å². The van der Waals surface area contributed by atoms with Crippen LogP contribution in [0.4, 0.5) is 0 Å². The summed E-state index contributed by atoms with van der Waals surface area (Å²) < 4.78 is 8.63. The van der Waals surface area contributed by atoms with Gasteiger partial charge in [0.15, 0.2) is 5.78 Å². The lowest BCUT2D eigenvalue weighted by molar-refractivity contribution is -0.142. The number of methoxy groups -OCH3 is 2. The van der Waals surface area contributed by atoms with Crippen LogP contribution in [-0.4, -0.2) is 31.9 Å². The third-order valence-corrected chi connectivity index (χ3v) is 1.36. The second-order valence-electron chi connectivity index (χ2n) is 2.40. The first-order valence-electron chi connectivity index (χ1n) is 3.93. The van der Waals surface area contributed by atoms with Gasteiger partial charge in [-0.15, -0.1) is 0 Å². The minimum absolute atomic E-state index is 0.0173. The van der Waals surface area contributed by atoms with E-state index in [0.29, 0.717) is 0 Å². The molecule has 78 valence electrons.